The van der Waals surface area contributed by atoms with Crippen molar-refractivity contribution in [3.63, 3.8) is 0 Å². The van der Waals surface area contributed by atoms with E-state index in [4.69, 9.17) is 38.0 Å². The van der Waals surface area contributed by atoms with Gasteiger partial charge in [0.2, 0.25) is 17.7 Å². The quantitative estimate of drug-likeness (QED) is 0.0607. The molecular weight excluding hydrogens is 982 g/mol. The number of nitrogens with zero attached hydrogens (tertiary/aromatic N) is 2. The molecule has 2 heterocycles. The Bertz CT molecular complexity index is 2750. The molecule has 3 amide bonds. The molecule has 2 aliphatic heterocycles. The molecule has 2 N–H and O–H groups in total. The number of fused-ring (bicyclic) bond motifs is 6. The molecule has 0 aromatic heterocycles. The van der Waals surface area contributed by atoms with Gasteiger partial charge >= 0.3 is 24.5 Å². The van der Waals surface area contributed by atoms with Gasteiger partial charge in [-0.2, -0.15) is 13.2 Å². The van der Waals surface area contributed by atoms with E-state index in [1.54, 1.807) is 46.1 Å². The van der Waals surface area contributed by atoms with Crippen molar-refractivity contribution in [1.82, 2.24) is 20.4 Å². The lowest BCUT2D eigenvalue weighted by Gasteiger charge is -2.52. The van der Waals surface area contributed by atoms with Crippen molar-refractivity contribution in [3.8, 4) is 33.8 Å². The molecule has 2 aliphatic carbocycles. The second kappa shape index (κ2) is 23.8. The number of alkyl halides is 3. The van der Waals surface area contributed by atoms with Gasteiger partial charge in [-0.25, -0.2) is 14.4 Å². The number of aldehydes is 1. The molecule has 17 nitrogen and oxygen atoms in total. The Morgan fingerprint density at radius 3 is 1.57 bits per heavy atom. The highest BCUT2D eigenvalue weighted by Crippen LogP contribution is 2.46. The number of ether oxygens (including phenoxy) is 7. The lowest BCUT2D eigenvalue weighted by Crippen LogP contribution is -2.73. The van der Waals surface area contributed by atoms with Gasteiger partial charge in [0.15, 0.2) is 0 Å². The number of halogens is 3. The summed E-state index contributed by atoms with van der Waals surface area (Å²) in [5.74, 6) is 0.879. The van der Waals surface area contributed by atoms with Gasteiger partial charge in [0, 0.05) is 23.5 Å². The number of hydrogen-bond donors (Lipinski definition) is 2. The SMILES string of the molecule is C.COc1ccc(CN(C(=O)OCC2c3ccccc3-c3ccccc32)C2(OC=O)CN(C(=O)OC(C)(C)C)C2)c(OC)c1.O=CC(F)(F)F.O=COC1(NC(=O)OCC2c3ccccc3-c3ccccc32)CNC1. The molecule has 0 bridgehead atoms. The minimum Gasteiger partial charge on any atom is -0.497 e. The van der Waals surface area contributed by atoms with Gasteiger partial charge in [0.1, 0.15) is 30.3 Å². The lowest BCUT2D eigenvalue weighted by molar-refractivity contribution is -0.206. The fraction of sp³-hybridized carbons (Fsp3) is 0.345. The van der Waals surface area contributed by atoms with Crippen molar-refractivity contribution in [2.45, 2.75) is 69.8 Å². The van der Waals surface area contributed by atoms with Crippen molar-refractivity contribution < 1.29 is 75.1 Å². The molecular formula is C55H59F3N4O13. The molecule has 0 radical (unpaired) electrons. The van der Waals surface area contributed by atoms with Crippen LogP contribution in [0.4, 0.5) is 27.6 Å². The number of benzene rings is 5. The smallest absolute Gasteiger partial charge is 0.446 e. The first kappa shape index (κ1) is 56.2. The van der Waals surface area contributed by atoms with Crippen molar-refractivity contribution >= 4 is 37.5 Å². The molecule has 2 fully saturated rings. The van der Waals surface area contributed by atoms with E-state index in [0.29, 0.717) is 36.6 Å². The molecule has 9 rings (SSSR count). The summed E-state index contributed by atoms with van der Waals surface area (Å²) in [6, 6.07) is 37.6. The van der Waals surface area contributed by atoms with Crippen LogP contribution in [0.1, 0.15) is 67.9 Å². The van der Waals surface area contributed by atoms with Crippen LogP contribution < -0.4 is 20.1 Å². The van der Waals surface area contributed by atoms with Crippen molar-refractivity contribution in [2.24, 2.45) is 0 Å². The minimum atomic E-state index is -4.64. The first-order valence-electron chi connectivity index (χ1n) is 23.3. The summed E-state index contributed by atoms with van der Waals surface area (Å²) in [5.41, 5.74) is 6.44. The highest BCUT2D eigenvalue weighted by Gasteiger charge is 2.56. The molecule has 0 atom stereocenters. The summed E-state index contributed by atoms with van der Waals surface area (Å²) in [6.07, 6.45) is -7.57. The van der Waals surface area contributed by atoms with Gasteiger partial charge in [-0.1, -0.05) is 104 Å². The second-order valence-corrected chi connectivity index (χ2v) is 18.5. The van der Waals surface area contributed by atoms with E-state index < -0.39 is 47.8 Å². The van der Waals surface area contributed by atoms with E-state index in [1.165, 1.54) is 28.0 Å². The van der Waals surface area contributed by atoms with E-state index in [2.05, 4.69) is 47.0 Å². The maximum Gasteiger partial charge on any atom is 0.446 e. The van der Waals surface area contributed by atoms with Crippen LogP contribution in [-0.4, -0.2) is 124 Å². The normalized spacial score (nSPS) is 15.1. The predicted octanol–water partition coefficient (Wildman–Crippen LogP) is 8.96. The van der Waals surface area contributed by atoms with Crippen LogP contribution in [0.5, 0.6) is 11.5 Å². The first-order chi connectivity index (χ1) is 35.4. The third kappa shape index (κ3) is 13.0. The molecule has 4 aliphatic rings. The fourth-order valence-electron chi connectivity index (χ4n) is 9.07. The number of hydrogen-bond acceptors (Lipinski definition) is 14. The van der Waals surface area contributed by atoms with Crippen LogP contribution in [0.3, 0.4) is 0 Å². The van der Waals surface area contributed by atoms with Gasteiger partial charge in [-0.05, 0) is 77.4 Å². The molecule has 398 valence electrons. The van der Waals surface area contributed by atoms with Gasteiger partial charge in [-0.3, -0.25) is 29.5 Å². The largest absolute Gasteiger partial charge is 0.497 e. The molecule has 5 aromatic carbocycles. The van der Waals surface area contributed by atoms with Crippen molar-refractivity contribution in [2.75, 3.05) is 53.6 Å². The summed E-state index contributed by atoms with van der Waals surface area (Å²) in [4.78, 5) is 72.7. The van der Waals surface area contributed by atoms with E-state index in [-0.39, 0.29) is 58.6 Å². The summed E-state index contributed by atoms with van der Waals surface area (Å²) in [5, 5.41) is 5.59. The van der Waals surface area contributed by atoms with Gasteiger partial charge in [0.05, 0.1) is 46.9 Å². The van der Waals surface area contributed by atoms with Gasteiger partial charge in [0.25, 0.3) is 12.9 Å². The van der Waals surface area contributed by atoms with Crippen LogP contribution in [0.25, 0.3) is 22.3 Å². The zero-order valence-corrected chi connectivity index (χ0v) is 41.1. The molecule has 20 heteroatoms. The number of carbonyl (C=O) groups excluding carboxylic acids is 6. The van der Waals surface area contributed by atoms with Crippen LogP contribution in [0.15, 0.2) is 115 Å². The Morgan fingerprint density at radius 2 is 1.17 bits per heavy atom. The zero-order chi connectivity index (χ0) is 53.3. The fourth-order valence-corrected chi connectivity index (χ4v) is 9.07. The summed E-state index contributed by atoms with van der Waals surface area (Å²) in [6.45, 7) is 6.72. The Hall–Kier alpha value is -8.13. The van der Waals surface area contributed by atoms with Crippen LogP contribution >= 0.6 is 0 Å². The zero-order valence-electron chi connectivity index (χ0n) is 41.1. The number of nitrogens with one attached hydrogen (secondary N) is 2. The average molecular weight is 1040 g/mol. The standard InChI is InChI=1S/C33H36N2O8.C19H18N2O4.C2HF3O.CH4/c1-32(2,3)43-30(37)34-19-33(20-34,42-21-36)35(17-22-14-15-23(39-4)16-29(22)40-5)31(38)41-18-28-26-12-8-6-10-24(26)25-11-7-9-13-27(25)28;22-12-25-19(10-20-11-19)21-18(23)24-9-17-15-7-3-1-5-13(15)14-6-2-4-8-16(14)17;3-2(4,5)1-6;/h6-16,21,28H,17-20H2,1-5H3;1-8,12,17,20H,9-11H2,(H,21,23);1H;1H4. The maximum absolute atomic E-state index is 14.0. The molecule has 0 unspecified atom stereocenters. The highest BCUT2D eigenvalue weighted by atomic mass is 19.4. The Labute approximate surface area is 432 Å². The molecule has 75 heavy (non-hydrogen) atoms. The second-order valence-electron chi connectivity index (χ2n) is 18.5. The van der Waals surface area contributed by atoms with Crippen LogP contribution in [0.2, 0.25) is 0 Å². The molecule has 5 aromatic rings. The molecule has 0 spiro atoms. The van der Waals surface area contributed by atoms with Gasteiger partial charge < -0.3 is 38.5 Å². The van der Waals surface area contributed by atoms with Gasteiger partial charge in [-0.15, -0.1) is 0 Å². The number of carbonyl (C=O) groups is 6. The third-order valence-electron chi connectivity index (χ3n) is 12.6. The number of amides is 3. The first-order valence-corrected chi connectivity index (χ1v) is 23.3. The Kier molecular flexibility index (Phi) is 17.8. The van der Waals surface area contributed by atoms with E-state index >= 15 is 0 Å². The Balaban J connectivity index is 0.000000240. The summed E-state index contributed by atoms with van der Waals surface area (Å²) in [7, 11) is 3.06. The van der Waals surface area contributed by atoms with E-state index in [9.17, 15) is 37.1 Å². The third-order valence-corrected chi connectivity index (χ3v) is 12.6. The number of likely N-dealkylation sites (tertiary alicyclic amines) is 1. The monoisotopic (exact) mass is 1040 g/mol. The van der Waals surface area contributed by atoms with E-state index in [1.807, 2.05) is 60.7 Å². The van der Waals surface area contributed by atoms with Crippen molar-refractivity contribution in [3.05, 3.63) is 143 Å². The summed E-state index contributed by atoms with van der Waals surface area (Å²) >= 11 is 0. The molecule has 0 saturated carbocycles. The Morgan fingerprint density at radius 1 is 0.707 bits per heavy atom. The molecule has 2 saturated heterocycles. The predicted molar refractivity (Wildman–Crippen MR) is 268 cm³/mol. The highest BCUT2D eigenvalue weighted by molar-refractivity contribution is 5.80. The van der Waals surface area contributed by atoms with Crippen LogP contribution in [-0.2, 0) is 44.6 Å². The maximum atomic E-state index is 14.0. The minimum absolute atomic E-state index is 0. The lowest BCUT2D eigenvalue weighted by atomic mass is 9.98. The average Bonchev–Trinajstić information content (AvgIpc) is 3.86. The summed E-state index contributed by atoms with van der Waals surface area (Å²) < 4.78 is 69.6. The topological polar surface area (TPSA) is 198 Å². The number of alkyl carbamates (subject to hydrolysis) is 1. The van der Waals surface area contributed by atoms with E-state index in [0.717, 1.165) is 33.4 Å². The van der Waals surface area contributed by atoms with Crippen molar-refractivity contribution in [1.29, 1.82) is 0 Å². The number of methoxy groups -OCH3 is 2. The number of rotatable bonds is 14. The van der Waals surface area contributed by atoms with Crippen LogP contribution in [0, 0.1) is 0 Å².